The van der Waals surface area contributed by atoms with Gasteiger partial charge in [0.2, 0.25) is 11.8 Å². The Morgan fingerprint density at radius 2 is 1.52 bits per heavy atom. The molecule has 0 aliphatic rings. The highest BCUT2D eigenvalue weighted by Crippen LogP contribution is 2.17. The molecule has 23 heavy (non-hydrogen) atoms. The number of nitrogens with one attached hydrogen (secondary N) is 2. The van der Waals surface area contributed by atoms with Gasteiger partial charge in [-0.05, 0) is 24.1 Å². The molecule has 0 heterocycles. The lowest BCUT2D eigenvalue weighted by molar-refractivity contribution is -0.126. The molecule has 0 bridgehead atoms. The van der Waals surface area contributed by atoms with E-state index in [1.165, 1.54) is 6.07 Å². The zero-order chi connectivity index (χ0) is 16.7. The molecule has 2 aromatic carbocycles. The maximum Gasteiger partial charge on any atom is 0.233 e. The minimum absolute atomic E-state index is 0.379. The highest BCUT2D eigenvalue weighted by Gasteiger charge is 2.14. The van der Waals surface area contributed by atoms with Crippen LogP contribution < -0.4 is 10.6 Å². The van der Waals surface area contributed by atoms with Gasteiger partial charge in [0, 0.05) is 6.54 Å². The quantitative estimate of drug-likeness (QED) is 0.805. The first-order chi connectivity index (χ1) is 11.1. The van der Waals surface area contributed by atoms with Crippen LogP contribution in [0.5, 0.6) is 0 Å². The van der Waals surface area contributed by atoms with Crippen LogP contribution in [0.15, 0.2) is 48.5 Å². The van der Waals surface area contributed by atoms with E-state index < -0.39 is 35.6 Å². The average Bonchev–Trinajstić information content (AvgIpc) is 2.52. The van der Waals surface area contributed by atoms with E-state index in [0.717, 1.165) is 17.7 Å². The van der Waals surface area contributed by atoms with Crippen LogP contribution in [0.4, 0.5) is 14.5 Å². The Bertz CT molecular complexity index is 670. The van der Waals surface area contributed by atoms with Crippen LogP contribution in [0.25, 0.3) is 0 Å². The second-order valence-electron chi connectivity index (χ2n) is 4.91. The molecule has 0 atom stereocenters. The summed E-state index contributed by atoms with van der Waals surface area (Å²) in [5, 5.41) is 4.66. The van der Waals surface area contributed by atoms with Crippen molar-refractivity contribution in [1.29, 1.82) is 0 Å². The first-order valence-corrected chi connectivity index (χ1v) is 7.11. The van der Waals surface area contributed by atoms with Gasteiger partial charge in [-0.3, -0.25) is 9.59 Å². The number of para-hydroxylation sites is 1. The summed E-state index contributed by atoms with van der Waals surface area (Å²) in [4.78, 5) is 23.3. The van der Waals surface area contributed by atoms with Gasteiger partial charge in [-0.25, -0.2) is 8.78 Å². The molecule has 0 radical (unpaired) electrons. The number of halogens is 2. The number of hydrogen-bond donors (Lipinski definition) is 2. The van der Waals surface area contributed by atoms with Crippen molar-refractivity contribution in [3.63, 3.8) is 0 Å². The summed E-state index contributed by atoms with van der Waals surface area (Å²) >= 11 is 0. The predicted molar refractivity (Wildman–Crippen MR) is 82.8 cm³/mol. The number of carbonyl (C=O) groups is 2. The number of amides is 2. The molecule has 2 rings (SSSR count). The van der Waals surface area contributed by atoms with Crippen LogP contribution in [0.3, 0.4) is 0 Å². The number of hydrogen-bond acceptors (Lipinski definition) is 2. The largest absolute Gasteiger partial charge is 0.355 e. The zero-order valence-corrected chi connectivity index (χ0v) is 12.3. The summed E-state index contributed by atoms with van der Waals surface area (Å²) in [5.74, 6) is -3.05. The lowest BCUT2D eigenvalue weighted by atomic mass is 10.1. The Morgan fingerprint density at radius 1 is 0.870 bits per heavy atom. The van der Waals surface area contributed by atoms with E-state index in [-0.39, 0.29) is 0 Å². The summed E-state index contributed by atoms with van der Waals surface area (Å²) in [6, 6.07) is 12.8. The number of anilines is 1. The van der Waals surface area contributed by atoms with Crippen LogP contribution in [-0.2, 0) is 16.0 Å². The van der Waals surface area contributed by atoms with Gasteiger partial charge in [-0.15, -0.1) is 0 Å². The normalized spacial score (nSPS) is 10.2. The summed E-state index contributed by atoms with van der Waals surface area (Å²) in [7, 11) is 0. The molecule has 0 aromatic heterocycles. The SMILES string of the molecule is O=C(CC(=O)Nc1c(F)cccc1F)NCCc1ccccc1. The van der Waals surface area contributed by atoms with Crippen LogP contribution in [0.1, 0.15) is 12.0 Å². The van der Waals surface area contributed by atoms with Crippen molar-refractivity contribution < 1.29 is 18.4 Å². The number of benzene rings is 2. The van der Waals surface area contributed by atoms with E-state index in [1.807, 2.05) is 30.3 Å². The fraction of sp³-hybridized carbons (Fsp3) is 0.176. The van der Waals surface area contributed by atoms with Crippen LogP contribution in [0, 0.1) is 11.6 Å². The van der Waals surface area contributed by atoms with E-state index in [2.05, 4.69) is 10.6 Å². The summed E-state index contributed by atoms with van der Waals surface area (Å²) in [6.45, 7) is 0.379. The monoisotopic (exact) mass is 318 g/mol. The zero-order valence-electron chi connectivity index (χ0n) is 12.3. The molecular weight excluding hydrogens is 302 g/mol. The molecule has 4 nitrogen and oxygen atoms in total. The number of carbonyl (C=O) groups excluding carboxylic acids is 2. The van der Waals surface area contributed by atoms with Gasteiger partial charge in [0.15, 0.2) is 0 Å². The van der Waals surface area contributed by atoms with E-state index in [9.17, 15) is 18.4 Å². The third kappa shape index (κ3) is 5.18. The van der Waals surface area contributed by atoms with Crippen LogP contribution >= 0.6 is 0 Å². The third-order valence-electron chi connectivity index (χ3n) is 3.13. The van der Waals surface area contributed by atoms with Gasteiger partial charge in [0.05, 0.1) is 0 Å². The molecule has 6 heteroatoms. The fourth-order valence-corrected chi connectivity index (χ4v) is 2.00. The van der Waals surface area contributed by atoms with Crippen molar-refractivity contribution in [2.75, 3.05) is 11.9 Å². The summed E-state index contributed by atoms with van der Waals surface area (Å²) < 4.78 is 26.8. The smallest absolute Gasteiger partial charge is 0.233 e. The molecule has 2 amide bonds. The van der Waals surface area contributed by atoms with Gasteiger partial charge in [-0.2, -0.15) is 0 Å². The van der Waals surface area contributed by atoms with Crippen molar-refractivity contribution in [1.82, 2.24) is 5.32 Å². The maximum atomic E-state index is 13.4. The van der Waals surface area contributed by atoms with E-state index >= 15 is 0 Å². The average molecular weight is 318 g/mol. The lowest BCUT2D eigenvalue weighted by Crippen LogP contribution is -2.30. The Kier molecular flexibility index (Phi) is 5.80. The third-order valence-corrected chi connectivity index (χ3v) is 3.13. The van der Waals surface area contributed by atoms with E-state index in [4.69, 9.17) is 0 Å². The Labute approximate surface area is 132 Å². The summed E-state index contributed by atoms with van der Waals surface area (Å²) in [5.41, 5.74) is 0.514. The highest BCUT2D eigenvalue weighted by atomic mass is 19.1. The Morgan fingerprint density at radius 3 is 2.17 bits per heavy atom. The second kappa shape index (κ2) is 8.03. The molecule has 0 fully saturated rings. The van der Waals surface area contributed by atoms with Crippen LogP contribution in [-0.4, -0.2) is 18.4 Å². The molecule has 0 aliphatic carbocycles. The molecule has 0 spiro atoms. The highest BCUT2D eigenvalue weighted by molar-refractivity contribution is 6.03. The molecule has 0 unspecified atom stereocenters. The molecule has 0 saturated heterocycles. The first-order valence-electron chi connectivity index (χ1n) is 7.11. The predicted octanol–water partition coefficient (Wildman–Crippen LogP) is 2.65. The number of rotatable bonds is 6. The van der Waals surface area contributed by atoms with Crippen LogP contribution in [0.2, 0.25) is 0 Å². The minimum atomic E-state index is -0.886. The van der Waals surface area contributed by atoms with Gasteiger partial charge >= 0.3 is 0 Å². The minimum Gasteiger partial charge on any atom is -0.355 e. The van der Waals surface area contributed by atoms with Gasteiger partial charge in [0.1, 0.15) is 23.7 Å². The Balaban J connectivity index is 1.78. The molecule has 120 valence electrons. The molecule has 2 aromatic rings. The van der Waals surface area contributed by atoms with Gasteiger partial charge in [-0.1, -0.05) is 36.4 Å². The molecular formula is C17H16F2N2O2. The maximum absolute atomic E-state index is 13.4. The van der Waals surface area contributed by atoms with Crippen molar-refractivity contribution >= 4 is 17.5 Å². The van der Waals surface area contributed by atoms with E-state index in [1.54, 1.807) is 0 Å². The van der Waals surface area contributed by atoms with Gasteiger partial charge in [0.25, 0.3) is 0 Å². The van der Waals surface area contributed by atoms with E-state index in [0.29, 0.717) is 13.0 Å². The molecule has 2 N–H and O–H groups in total. The van der Waals surface area contributed by atoms with Crippen molar-refractivity contribution in [2.45, 2.75) is 12.8 Å². The second-order valence-corrected chi connectivity index (χ2v) is 4.91. The molecule has 0 aliphatic heterocycles. The Hall–Kier alpha value is -2.76. The molecule has 0 saturated carbocycles. The topological polar surface area (TPSA) is 58.2 Å². The van der Waals surface area contributed by atoms with Gasteiger partial charge < -0.3 is 10.6 Å². The summed E-state index contributed by atoms with van der Waals surface area (Å²) in [6.07, 6.45) is 0.138. The van der Waals surface area contributed by atoms with Crippen molar-refractivity contribution in [2.24, 2.45) is 0 Å². The van der Waals surface area contributed by atoms with Crippen molar-refractivity contribution in [3.05, 3.63) is 65.7 Å². The first kappa shape index (κ1) is 16.6. The lowest BCUT2D eigenvalue weighted by Gasteiger charge is -2.08. The van der Waals surface area contributed by atoms with Crippen molar-refractivity contribution in [3.8, 4) is 0 Å². The fourth-order valence-electron chi connectivity index (χ4n) is 2.00. The standard InChI is InChI=1S/C17H16F2N2O2/c18-13-7-4-8-14(19)17(13)21-16(23)11-15(22)20-10-9-12-5-2-1-3-6-12/h1-8H,9-11H2,(H,20,22)(H,21,23).